The number of ether oxygens (including phenoxy) is 1. The van der Waals surface area contributed by atoms with Crippen LogP contribution in [0.5, 0.6) is 0 Å². The Kier molecular flexibility index (Phi) is 4.66. The number of thioether (sulfide) groups is 1. The highest BCUT2D eigenvalue weighted by Gasteiger charge is 2.31. The molecule has 0 saturated carbocycles. The maximum atomic E-state index is 11.6. The Labute approximate surface area is 108 Å². The van der Waals surface area contributed by atoms with E-state index in [9.17, 15) is 9.59 Å². The second-order valence-electron chi connectivity index (χ2n) is 3.12. The number of carbonyl (C=O) groups excluding carboxylic acids is 2. The van der Waals surface area contributed by atoms with Gasteiger partial charge in [-0.05, 0) is 13.0 Å². The lowest BCUT2D eigenvalue weighted by molar-refractivity contribution is -0.144. The van der Waals surface area contributed by atoms with Crippen LogP contribution < -0.4 is 0 Å². The first kappa shape index (κ1) is 13.7. The zero-order chi connectivity index (χ0) is 13.0. The highest BCUT2D eigenvalue weighted by Crippen LogP contribution is 2.30. The summed E-state index contributed by atoms with van der Waals surface area (Å²) in [6.07, 6.45) is 1.29. The number of nitriles is 1. The molecule has 0 aromatic carbocycles. The minimum Gasteiger partial charge on any atom is -0.465 e. The zero-order valence-electron chi connectivity index (χ0n) is 9.30. The minimum absolute atomic E-state index is 0.194. The number of esters is 1. The number of carbonyl (C=O) groups is 2. The largest absolute Gasteiger partial charge is 0.465 e. The van der Waals surface area contributed by atoms with E-state index in [0.29, 0.717) is 4.32 Å². The predicted octanol–water partition coefficient (Wildman–Crippen LogP) is 1.06. The van der Waals surface area contributed by atoms with E-state index in [1.54, 1.807) is 20.0 Å². The lowest BCUT2D eigenvalue weighted by Gasteiger charge is -2.05. The topological polar surface area (TPSA) is 70.4 Å². The van der Waals surface area contributed by atoms with Crippen LogP contribution in [0.25, 0.3) is 0 Å². The second-order valence-corrected chi connectivity index (χ2v) is 4.80. The van der Waals surface area contributed by atoms with Crippen molar-refractivity contribution in [2.45, 2.75) is 6.92 Å². The van der Waals surface area contributed by atoms with Gasteiger partial charge in [0.15, 0.2) is 5.92 Å². The van der Waals surface area contributed by atoms with Gasteiger partial charge in [-0.15, -0.1) is 0 Å². The summed E-state index contributed by atoms with van der Waals surface area (Å²) in [5.41, 5.74) is 0. The van der Waals surface area contributed by atoms with Crippen LogP contribution in [0.2, 0.25) is 0 Å². The Morgan fingerprint density at radius 1 is 1.76 bits per heavy atom. The van der Waals surface area contributed by atoms with Crippen LogP contribution in [0, 0.1) is 17.2 Å². The summed E-state index contributed by atoms with van der Waals surface area (Å²) in [6.45, 7) is 1.84. The zero-order valence-corrected chi connectivity index (χ0v) is 10.9. The SMILES string of the molecule is CCOC(=O)C(C#N)C=C1SC(=S)N(C)C1=O. The minimum atomic E-state index is -1.07. The number of likely N-dealkylation sites (N-methyl/N-ethyl adjacent to an activating group) is 1. The molecule has 90 valence electrons. The van der Waals surface area contributed by atoms with Crippen LogP contribution in [-0.4, -0.2) is 34.8 Å². The van der Waals surface area contributed by atoms with Crippen molar-refractivity contribution in [3.05, 3.63) is 11.0 Å². The maximum Gasteiger partial charge on any atom is 0.327 e. The average Bonchev–Trinajstić information content (AvgIpc) is 2.54. The molecule has 0 aliphatic carbocycles. The first-order valence-corrected chi connectivity index (χ1v) is 6.01. The van der Waals surface area contributed by atoms with E-state index in [1.165, 1.54) is 11.0 Å². The van der Waals surface area contributed by atoms with Gasteiger partial charge < -0.3 is 4.74 Å². The van der Waals surface area contributed by atoms with E-state index >= 15 is 0 Å². The summed E-state index contributed by atoms with van der Waals surface area (Å²) in [5, 5.41) is 8.84. The fourth-order valence-corrected chi connectivity index (χ4v) is 2.29. The number of amides is 1. The third-order valence-electron chi connectivity index (χ3n) is 1.98. The van der Waals surface area contributed by atoms with E-state index in [2.05, 4.69) is 0 Å². The van der Waals surface area contributed by atoms with E-state index < -0.39 is 11.9 Å². The normalized spacial score (nSPS) is 19.4. The smallest absolute Gasteiger partial charge is 0.327 e. The molecule has 0 bridgehead atoms. The van der Waals surface area contributed by atoms with Gasteiger partial charge in [-0.1, -0.05) is 24.0 Å². The van der Waals surface area contributed by atoms with Gasteiger partial charge in [-0.3, -0.25) is 14.5 Å². The first-order valence-electron chi connectivity index (χ1n) is 4.79. The Morgan fingerprint density at radius 3 is 2.82 bits per heavy atom. The molecule has 0 aromatic heterocycles. The summed E-state index contributed by atoms with van der Waals surface area (Å²) in [6, 6.07) is 1.79. The van der Waals surface area contributed by atoms with Gasteiger partial charge in [-0.2, -0.15) is 5.26 Å². The van der Waals surface area contributed by atoms with Gasteiger partial charge in [0.1, 0.15) is 4.32 Å². The van der Waals surface area contributed by atoms with Crippen LogP contribution in [-0.2, 0) is 14.3 Å². The quantitative estimate of drug-likeness (QED) is 0.434. The number of hydrogen-bond acceptors (Lipinski definition) is 6. The molecular weight excluding hydrogens is 260 g/mol. The van der Waals surface area contributed by atoms with Crippen molar-refractivity contribution in [2.75, 3.05) is 13.7 Å². The molecule has 1 atom stereocenters. The van der Waals surface area contributed by atoms with Gasteiger partial charge in [0, 0.05) is 7.05 Å². The molecule has 1 amide bonds. The first-order chi connectivity index (χ1) is 8.01. The molecule has 1 aliphatic rings. The lowest BCUT2D eigenvalue weighted by atomic mass is 10.1. The van der Waals surface area contributed by atoms with Crippen molar-refractivity contribution in [1.29, 1.82) is 5.26 Å². The lowest BCUT2D eigenvalue weighted by Crippen LogP contribution is -2.23. The highest BCUT2D eigenvalue weighted by molar-refractivity contribution is 8.26. The van der Waals surface area contributed by atoms with Crippen molar-refractivity contribution in [3.63, 3.8) is 0 Å². The fourth-order valence-electron chi connectivity index (χ4n) is 1.10. The molecule has 5 nitrogen and oxygen atoms in total. The van der Waals surface area contributed by atoms with Gasteiger partial charge in [0.05, 0.1) is 17.6 Å². The molecule has 0 spiro atoms. The predicted molar refractivity (Wildman–Crippen MR) is 66.8 cm³/mol. The van der Waals surface area contributed by atoms with Crippen molar-refractivity contribution < 1.29 is 14.3 Å². The van der Waals surface area contributed by atoms with E-state index in [-0.39, 0.29) is 17.4 Å². The Balaban J connectivity index is 2.88. The monoisotopic (exact) mass is 270 g/mol. The summed E-state index contributed by atoms with van der Waals surface area (Å²) in [4.78, 5) is 24.6. The summed E-state index contributed by atoms with van der Waals surface area (Å²) in [7, 11) is 1.55. The molecule has 1 rings (SSSR count). The molecule has 17 heavy (non-hydrogen) atoms. The Bertz CT molecular complexity index is 439. The summed E-state index contributed by atoms with van der Waals surface area (Å²) < 4.78 is 5.13. The summed E-state index contributed by atoms with van der Waals surface area (Å²) >= 11 is 6.00. The van der Waals surface area contributed by atoms with Gasteiger partial charge in [-0.25, -0.2) is 0 Å². The summed E-state index contributed by atoms with van der Waals surface area (Å²) in [5.74, 6) is -2.03. The van der Waals surface area contributed by atoms with Gasteiger partial charge in [0.2, 0.25) is 0 Å². The van der Waals surface area contributed by atoms with E-state index in [4.69, 9.17) is 22.2 Å². The molecule has 0 aromatic rings. The third-order valence-corrected chi connectivity index (χ3v) is 3.49. The fraction of sp³-hybridized carbons (Fsp3) is 0.400. The molecule has 1 saturated heterocycles. The van der Waals surface area contributed by atoms with Crippen LogP contribution in [0.15, 0.2) is 11.0 Å². The molecule has 7 heteroatoms. The van der Waals surface area contributed by atoms with Crippen molar-refractivity contribution in [1.82, 2.24) is 4.90 Å². The number of rotatable bonds is 3. The van der Waals surface area contributed by atoms with Crippen LogP contribution in [0.4, 0.5) is 0 Å². The third kappa shape index (κ3) is 3.05. The van der Waals surface area contributed by atoms with Crippen LogP contribution >= 0.6 is 24.0 Å². The highest BCUT2D eigenvalue weighted by atomic mass is 32.2. The molecule has 0 N–H and O–H groups in total. The Morgan fingerprint density at radius 2 is 2.41 bits per heavy atom. The second kappa shape index (κ2) is 5.80. The molecular formula is C10H10N2O3S2. The van der Waals surface area contributed by atoms with E-state index in [0.717, 1.165) is 11.8 Å². The molecule has 1 fully saturated rings. The van der Waals surface area contributed by atoms with Crippen molar-refractivity contribution >= 4 is 40.2 Å². The maximum absolute atomic E-state index is 11.6. The van der Waals surface area contributed by atoms with Crippen LogP contribution in [0.1, 0.15) is 6.92 Å². The molecule has 1 aliphatic heterocycles. The Hall–Kier alpha value is -1.39. The van der Waals surface area contributed by atoms with Crippen molar-refractivity contribution in [3.8, 4) is 6.07 Å². The molecule has 0 radical (unpaired) electrons. The standard InChI is InChI=1S/C10H10N2O3S2/c1-3-15-9(14)6(5-11)4-7-8(13)12(2)10(16)17-7/h4,6H,3H2,1-2H3. The van der Waals surface area contributed by atoms with Crippen molar-refractivity contribution in [2.24, 2.45) is 5.92 Å². The number of thiocarbonyl (C=S) groups is 1. The number of nitrogens with zero attached hydrogens (tertiary/aromatic N) is 2. The number of hydrogen-bond donors (Lipinski definition) is 0. The van der Waals surface area contributed by atoms with Crippen LogP contribution in [0.3, 0.4) is 0 Å². The van der Waals surface area contributed by atoms with Gasteiger partial charge >= 0.3 is 5.97 Å². The van der Waals surface area contributed by atoms with Gasteiger partial charge in [0.25, 0.3) is 5.91 Å². The van der Waals surface area contributed by atoms with E-state index in [1.807, 2.05) is 0 Å². The molecule has 1 unspecified atom stereocenters. The average molecular weight is 270 g/mol. The molecule has 1 heterocycles.